The molecular formula is C15H23N3O2. The van der Waals surface area contributed by atoms with Crippen molar-refractivity contribution in [1.29, 1.82) is 0 Å². The molecule has 1 unspecified atom stereocenters. The van der Waals surface area contributed by atoms with Gasteiger partial charge in [0.1, 0.15) is 0 Å². The predicted molar refractivity (Wildman–Crippen MR) is 78.7 cm³/mol. The van der Waals surface area contributed by atoms with E-state index >= 15 is 0 Å². The quantitative estimate of drug-likeness (QED) is 0.885. The third-order valence-corrected chi connectivity index (χ3v) is 2.74. The summed E-state index contributed by atoms with van der Waals surface area (Å²) < 4.78 is 0. The predicted octanol–water partition coefficient (Wildman–Crippen LogP) is 2.14. The van der Waals surface area contributed by atoms with E-state index in [1.807, 2.05) is 34.6 Å². The van der Waals surface area contributed by atoms with Crippen LogP contribution in [0.4, 0.5) is 0 Å². The lowest BCUT2D eigenvalue weighted by atomic mass is 10.1. The zero-order chi connectivity index (χ0) is 15.3. The third-order valence-electron chi connectivity index (χ3n) is 2.74. The first-order valence-corrected chi connectivity index (χ1v) is 6.81. The molecule has 0 radical (unpaired) electrons. The number of nitrogens with one attached hydrogen (secondary N) is 2. The average Bonchev–Trinajstić information content (AvgIpc) is 2.36. The van der Waals surface area contributed by atoms with E-state index in [-0.39, 0.29) is 23.4 Å². The topological polar surface area (TPSA) is 71.1 Å². The van der Waals surface area contributed by atoms with Crippen LogP contribution in [-0.4, -0.2) is 28.4 Å². The molecule has 0 aliphatic heterocycles. The van der Waals surface area contributed by atoms with Crippen LogP contribution in [0.15, 0.2) is 18.5 Å². The molecule has 0 aromatic carbocycles. The van der Waals surface area contributed by atoms with E-state index in [4.69, 9.17) is 0 Å². The van der Waals surface area contributed by atoms with Crippen molar-refractivity contribution in [2.45, 2.75) is 52.6 Å². The van der Waals surface area contributed by atoms with Gasteiger partial charge in [0.25, 0.3) is 11.8 Å². The number of hydrogen-bond acceptors (Lipinski definition) is 3. The molecule has 1 aromatic heterocycles. The van der Waals surface area contributed by atoms with Gasteiger partial charge in [-0.15, -0.1) is 0 Å². The average molecular weight is 277 g/mol. The summed E-state index contributed by atoms with van der Waals surface area (Å²) in [4.78, 5) is 28.0. The molecule has 5 heteroatoms. The van der Waals surface area contributed by atoms with Gasteiger partial charge in [0.15, 0.2) is 0 Å². The number of nitrogens with zero attached hydrogens (tertiary/aromatic N) is 1. The smallest absolute Gasteiger partial charge is 0.253 e. The molecule has 5 nitrogen and oxygen atoms in total. The first-order chi connectivity index (χ1) is 9.23. The summed E-state index contributed by atoms with van der Waals surface area (Å²) in [5, 5.41) is 5.69. The zero-order valence-electron chi connectivity index (χ0n) is 12.8. The Bertz CT molecular complexity index is 492. The summed E-state index contributed by atoms with van der Waals surface area (Å²) in [7, 11) is 0. The van der Waals surface area contributed by atoms with Gasteiger partial charge in [-0.25, -0.2) is 0 Å². The van der Waals surface area contributed by atoms with Gasteiger partial charge >= 0.3 is 0 Å². The van der Waals surface area contributed by atoms with Crippen molar-refractivity contribution in [2.75, 3.05) is 0 Å². The number of carbonyl (C=O) groups is 2. The molecule has 1 rings (SSSR count). The van der Waals surface area contributed by atoms with Crippen LogP contribution >= 0.6 is 0 Å². The van der Waals surface area contributed by atoms with Crippen LogP contribution in [0.3, 0.4) is 0 Å². The van der Waals surface area contributed by atoms with Gasteiger partial charge in [-0.05, 0) is 40.2 Å². The summed E-state index contributed by atoms with van der Waals surface area (Å²) in [6.07, 6.45) is 3.77. The summed E-state index contributed by atoms with van der Waals surface area (Å²) in [5.74, 6) is -0.444. The molecule has 1 heterocycles. The van der Waals surface area contributed by atoms with Gasteiger partial charge in [-0.3, -0.25) is 14.6 Å². The van der Waals surface area contributed by atoms with Gasteiger partial charge in [-0.1, -0.05) is 6.92 Å². The molecular weight excluding hydrogens is 254 g/mol. The standard InChI is InChI=1S/C15H23N3O2/c1-6-10(2)17-13(19)11-7-12(9-16-8-11)14(20)18-15(3,4)5/h7-10H,6H2,1-5H3,(H,17,19)(H,18,20). The molecule has 0 aliphatic rings. The van der Waals surface area contributed by atoms with Crippen LogP contribution in [0.25, 0.3) is 0 Å². The Kier molecular flexibility index (Phi) is 5.25. The number of amides is 2. The second-order valence-corrected chi connectivity index (χ2v) is 5.95. The summed E-state index contributed by atoms with van der Waals surface area (Å²) in [6.45, 7) is 9.63. The molecule has 0 bridgehead atoms. The van der Waals surface area contributed by atoms with E-state index in [2.05, 4.69) is 15.6 Å². The van der Waals surface area contributed by atoms with Gasteiger partial charge < -0.3 is 10.6 Å². The first-order valence-electron chi connectivity index (χ1n) is 6.81. The zero-order valence-corrected chi connectivity index (χ0v) is 12.8. The molecule has 1 atom stereocenters. The molecule has 2 amide bonds. The van der Waals surface area contributed by atoms with Crippen molar-refractivity contribution in [3.8, 4) is 0 Å². The minimum atomic E-state index is -0.327. The van der Waals surface area contributed by atoms with Gasteiger partial charge in [0.05, 0.1) is 11.1 Å². The maximum Gasteiger partial charge on any atom is 0.253 e. The lowest BCUT2D eigenvalue weighted by Gasteiger charge is -2.20. The van der Waals surface area contributed by atoms with E-state index in [0.29, 0.717) is 11.1 Å². The molecule has 0 fully saturated rings. The second-order valence-electron chi connectivity index (χ2n) is 5.95. The molecule has 110 valence electrons. The lowest BCUT2D eigenvalue weighted by Crippen LogP contribution is -2.40. The Labute approximate surface area is 120 Å². The van der Waals surface area contributed by atoms with E-state index in [9.17, 15) is 9.59 Å². The highest BCUT2D eigenvalue weighted by Crippen LogP contribution is 2.07. The molecule has 0 aliphatic carbocycles. The van der Waals surface area contributed by atoms with E-state index in [1.165, 1.54) is 12.4 Å². The maximum absolute atomic E-state index is 12.0. The van der Waals surface area contributed by atoms with Crippen molar-refractivity contribution in [1.82, 2.24) is 15.6 Å². The van der Waals surface area contributed by atoms with E-state index < -0.39 is 0 Å². The summed E-state index contributed by atoms with van der Waals surface area (Å²) >= 11 is 0. The second kappa shape index (κ2) is 6.50. The number of aromatic nitrogens is 1. The summed E-state index contributed by atoms with van der Waals surface area (Å²) in [6, 6.07) is 1.65. The number of hydrogen-bond donors (Lipinski definition) is 2. The number of rotatable bonds is 4. The lowest BCUT2D eigenvalue weighted by molar-refractivity contribution is 0.0919. The third kappa shape index (κ3) is 4.99. The Morgan fingerprint density at radius 3 is 2.25 bits per heavy atom. The van der Waals surface area contributed by atoms with Crippen LogP contribution in [0.2, 0.25) is 0 Å². The Hall–Kier alpha value is -1.91. The monoisotopic (exact) mass is 277 g/mol. The highest BCUT2D eigenvalue weighted by Gasteiger charge is 2.17. The summed E-state index contributed by atoms with van der Waals surface area (Å²) in [5.41, 5.74) is 0.454. The fraction of sp³-hybridized carbons (Fsp3) is 0.533. The van der Waals surface area contributed by atoms with E-state index in [0.717, 1.165) is 6.42 Å². The highest BCUT2D eigenvalue weighted by molar-refractivity contribution is 5.99. The molecule has 20 heavy (non-hydrogen) atoms. The fourth-order valence-electron chi connectivity index (χ4n) is 1.51. The highest BCUT2D eigenvalue weighted by atomic mass is 16.2. The molecule has 0 saturated carbocycles. The Morgan fingerprint density at radius 2 is 1.75 bits per heavy atom. The van der Waals surface area contributed by atoms with Crippen LogP contribution in [0, 0.1) is 0 Å². The van der Waals surface area contributed by atoms with Crippen molar-refractivity contribution in [3.63, 3.8) is 0 Å². The van der Waals surface area contributed by atoms with Crippen LogP contribution in [0.5, 0.6) is 0 Å². The Morgan fingerprint density at radius 1 is 1.20 bits per heavy atom. The molecule has 0 saturated heterocycles. The van der Waals surface area contributed by atoms with Crippen LogP contribution in [0.1, 0.15) is 61.8 Å². The molecule has 2 N–H and O–H groups in total. The molecule has 0 spiro atoms. The minimum Gasteiger partial charge on any atom is -0.350 e. The van der Waals surface area contributed by atoms with Crippen LogP contribution < -0.4 is 10.6 Å². The SMILES string of the molecule is CCC(C)NC(=O)c1cncc(C(=O)NC(C)(C)C)c1. The van der Waals surface area contributed by atoms with Gasteiger partial charge in [0.2, 0.25) is 0 Å². The van der Waals surface area contributed by atoms with Crippen molar-refractivity contribution < 1.29 is 9.59 Å². The largest absolute Gasteiger partial charge is 0.350 e. The van der Waals surface area contributed by atoms with Crippen molar-refractivity contribution in [2.24, 2.45) is 0 Å². The Balaban J connectivity index is 2.85. The molecule has 1 aromatic rings. The first kappa shape index (κ1) is 16.1. The minimum absolute atomic E-state index is 0.0922. The van der Waals surface area contributed by atoms with E-state index in [1.54, 1.807) is 6.07 Å². The van der Waals surface area contributed by atoms with Crippen molar-refractivity contribution >= 4 is 11.8 Å². The maximum atomic E-state index is 12.0. The van der Waals surface area contributed by atoms with Crippen molar-refractivity contribution in [3.05, 3.63) is 29.6 Å². The van der Waals surface area contributed by atoms with Gasteiger partial charge in [0, 0.05) is 24.0 Å². The van der Waals surface area contributed by atoms with Gasteiger partial charge in [-0.2, -0.15) is 0 Å². The number of pyridine rings is 1. The van der Waals surface area contributed by atoms with Crippen LogP contribution in [-0.2, 0) is 0 Å². The normalized spacial score (nSPS) is 12.7. The number of carbonyl (C=O) groups excluding carboxylic acids is 2. The fourth-order valence-corrected chi connectivity index (χ4v) is 1.51.